The summed E-state index contributed by atoms with van der Waals surface area (Å²) in [5.41, 5.74) is 6.34. The maximum absolute atomic E-state index is 10.8. The minimum atomic E-state index is -0.978. The number of carboxylic acids is 1. The molecular formula is C12H17NO3. The highest BCUT2D eigenvalue weighted by molar-refractivity contribution is 5.89. The Labute approximate surface area is 95.0 Å². The third kappa shape index (κ3) is 3.46. The van der Waals surface area contributed by atoms with Gasteiger partial charge in [0.05, 0.1) is 17.9 Å². The van der Waals surface area contributed by atoms with Crippen molar-refractivity contribution in [2.75, 3.05) is 12.3 Å². The molecule has 3 N–H and O–H groups in total. The molecule has 1 aromatic rings. The van der Waals surface area contributed by atoms with Crippen LogP contribution in [0.25, 0.3) is 0 Å². The van der Waals surface area contributed by atoms with E-state index in [1.165, 1.54) is 12.1 Å². The van der Waals surface area contributed by atoms with Crippen molar-refractivity contribution in [3.8, 4) is 5.75 Å². The molecule has 0 aliphatic carbocycles. The van der Waals surface area contributed by atoms with Crippen LogP contribution in [0.15, 0.2) is 18.2 Å². The molecule has 1 rings (SSSR count). The van der Waals surface area contributed by atoms with Gasteiger partial charge in [-0.3, -0.25) is 0 Å². The van der Waals surface area contributed by atoms with E-state index in [0.717, 1.165) is 6.42 Å². The van der Waals surface area contributed by atoms with Crippen LogP contribution < -0.4 is 10.5 Å². The Kier molecular flexibility index (Phi) is 4.17. The van der Waals surface area contributed by atoms with Crippen LogP contribution in [-0.2, 0) is 0 Å². The molecule has 0 aliphatic rings. The zero-order chi connectivity index (χ0) is 12.1. The van der Waals surface area contributed by atoms with Crippen molar-refractivity contribution in [2.45, 2.75) is 20.3 Å². The van der Waals surface area contributed by atoms with Gasteiger partial charge in [0.1, 0.15) is 5.75 Å². The Morgan fingerprint density at radius 1 is 1.50 bits per heavy atom. The highest BCUT2D eigenvalue weighted by Gasteiger charge is 2.07. The molecule has 0 heterocycles. The summed E-state index contributed by atoms with van der Waals surface area (Å²) in [6.07, 6.45) is 0.913. The van der Waals surface area contributed by atoms with Gasteiger partial charge in [-0.2, -0.15) is 0 Å². The van der Waals surface area contributed by atoms with Gasteiger partial charge < -0.3 is 15.6 Å². The molecule has 88 valence electrons. The summed E-state index contributed by atoms with van der Waals surface area (Å²) in [5.74, 6) is 0.0122. The number of benzene rings is 1. The lowest BCUT2D eigenvalue weighted by Gasteiger charge is -2.10. The lowest BCUT2D eigenvalue weighted by molar-refractivity contribution is 0.0696. The van der Waals surface area contributed by atoms with Gasteiger partial charge in [-0.05, 0) is 30.5 Å². The molecule has 0 aromatic heterocycles. The zero-order valence-electron chi connectivity index (χ0n) is 9.56. The molecule has 0 fully saturated rings. The largest absolute Gasteiger partial charge is 0.491 e. The average molecular weight is 223 g/mol. The molecule has 0 spiro atoms. The first kappa shape index (κ1) is 12.4. The van der Waals surface area contributed by atoms with Crippen molar-refractivity contribution >= 4 is 11.7 Å². The number of hydrogen-bond acceptors (Lipinski definition) is 3. The van der Waals surface area contributed by atoms with Gasteiger partial charge in [0, 0.05) is 0 Å². The van der Waals surface area contributed by atoms with Crippen molar-refractivity contribution in [3.05, 3.63) is 23.8 Å². The van der Waals surface area contributed by atoms with Gasteiger partial charge in [0.2, 0.25) is 0 Å². The highest BCUT2D eigenvalue weighted by atomic mass is 16.5. The quantitative estimate of drug-likeness (QED) is 0.752. The lowest BCUT2D eigenvalue weighted by atomic mass is 10.1. The summed E-state index contributed by atoms with van der Waals surface area (Å²) in [4.78, 5) is 10.8. The fourth-order valence-corrected chi connectivity index (χ4v) is 1.20. The third-order valence-corrected chi connectivity index (χ3v) is 2.21. The summed E-state index contributed by atoms with van der Waals surface area (Å²) >= 11 is 0. The summed E-state index contributed by atoms with van der Waals surface area (Å²) in [5, 5.41) is 8.82. The Bertz CT molecular complexity index is 375. The van der Waals surface area contributed by atoms with Crippen molar-refractivity contribution in [2.24, 2.45) is 5.92 Å². The van der Waals surface area contributed by atoms with E-state index in [0.29, 0.717) is 24.0 Å². The molecular weight excluding hydrogens is 206 g/mol. The number of carboxylic acid groups (broad SMARTS) is 1. The molecule has 0 radical (unpaired) electrons. The lowest BCUT2D eigenvalue weighted by Crippen LogP contribution is -2.05. The van der Waals surface area contributed by atoms with Crippen LogP contribution >= 0.6 is 0 Å². The van der Waals surface area contributed by atoms with Gasteiger partial charge in [0.15, 0.2) is 0 Å². The van der Waals surface area contributed by atoms with Crippen LogP contribution in [0.5, 0.6) is 5.75 Å². The molecule has 0 atom stereocenters. The standard InChI is InChI=1S/C12H17NO3/c1-8(2)5-6-16-11-7-9(12(14)15)3-4-10(11)13/h3-4,7-8H,5-6,13H2,1-2H3,(H,14,15). The van der Waals surface area contributed by atoms with E-state index in [4.69, 9.17) is 15.6 Å². The third-order valence-electron chi connectivity index (χ3n) is 2.21. The smallest absolute Gasteiger partial charge is 0.335 e. The number of rotatable bonds is 5. The molecule has 0 unspecified atom stereocenters. The van der Waals surface area contributed by atoms with Crippen LogP contribution in [0.2, 0.25) is 0 Å². The first-order chi connectivity index (χ1) is 7.50. The minimum absolute atomic E-state index is 0.189. The molecule has 0 aliphatic heterocycles. The van der Waals surface area contributed by atoms with Crippen LogP contribution in [0.3, 0.4) is 0 Å². The van der Waals surface area contributed by atoms with Crippen LogP contribution in [0, 0.1) is 5.92 Å². The van der Waals surface area contributed by atoms with Gasteiger partial charge >= 0.3 is 5.97 Å². The van der Waals surface area contributed by atoms with E-state index < -0.39 is 5.97 Å². The summed E-state index contributed by atoms with van der Waals surface area (Å²) in [7, 11) is 0. The van der Waals surface area contributed by atoms with Crippen LogP contribution in [-0.4, -0.2) is 17.7 Å². The summed E-state index contributed by atoms with van der Waals surface area (Å²) in [6.45, 7) is 4.74. The van der Waals surface area contributed by atoms with Crippen molar-refractivity contribution in [1.29, 1.82) is 0 Å². The second-order valence-electron chi connectivity index (χ2n) is 4.09. The summed E-state index contributed by atoms with van der Waals surface area (Å²) in [6, 6.07) is 4.47. The Balaban J connectivity index is 2.70. The molecule has 0 bridgehead atoms. The number of ether oxygens (including phenoxy) is 1. The molecule has 0 saturated carbocycles. The van der Waals surface area contributed by atoms with E-state index >= 15 is 0 Å². The Hall–Kier alpha value is -1.71. The first-order valence-electron chi connectivity index (χ1n) is 5.26. The number of nitrogen functional groups attached to an aromatic ring is 1. The molecule has 1 aromatic carbocycles. The predicted octanol–water partition coefficient (Wildman–Crippen LogP) is 2.39. The maximum atomic E-state index is 10.8. The number of carbonyl (C=O) groups is 1. The van der Waals surface area contributed by atoms with Gasteiger partial charge in [0.25, 0.3) is 0 Å². The van der Waals surface area contributed by atoms with E-state index in [-0.39, 0.29) is 5.56 Å². The number of nitrogens with two attached hydrogens (primary N) is 1. The van der Waals surface area contributed by atoms with Gasteiger partial charge in [-0.1, -0.05) is 13.8 Å². The highest BCUT2D eigenvalue weighted by Crippen LogP contribution is 2.23. The van der Waals surface area contributed by atoms with Crippen molar-refractivity contribution < 1.29 is 14.6 Å². The fourth-order valence-electron chi connectivity index (χ4n) is 1.20. The van der Waals surface area contributed by atoms with E-state index in [1.54, 1.807) is 6.07 Å². The molecule has 16 heavy (non-hydrogen) atoms. The second-order valence-corrected chi connectivity index (χ2v) is 4.09. The number of hydrogen-bond donors (Lipinski definition) is 2. The predicted molar refractivity (Wildman–Crippen MR) is 62.8 cm³/mol. The molecule has 0 saturated heterocycles. The normalized spacial score (nSPS) is 10.4. The van der Waals surface area contributed by atoms with Gasteiger partial charge in [-0.25, -0.2) is 4.79 Å². The van der Waals surface area contributed by atoms with E-state index in [2.05, 4.69) is 13.8 Å². The number of aromatic carboxylic acids is 1. The Morgan fingerprint density at radius 3 is 2.75 bits per heavy atom. The van der Waals surface area contributed by atoms with E-state index in [9.17, 15) is 4.79 Å². The van der Waals surface area contributed by atoms with Gasteiger partial charge in [-0.15, -0.1) is 0 Å². The minimum Gasteiger partial charge on any atom is -0.491 e. The SMILES string of the molecule is CC(C)CCOc1cc(C(=O)O)ccc1N. The van der Waals surface area contributed by atoms with Crippen molar-refractivity contribution in [3.63, 3.8) is 0 Å². The Morgan fingerprint density at radius 2 is 2.19 bits per heavy atom. The molecule has 4 nitrogen and oxygen atoms in total. The van der Waals surface area contributed by atoms with Crippen LogP contribution in [0.4, 0.5) is 5.69 Å². The van der Waals surface area contributed by atoms with Crippen LogP contribution in [0.1, 0.15) is 30.6 Å². The molecule has 4 heteroatoms. The monoisotopic (exact) mass is 223 g/mol. The fraction of sp³-hybridized carbons (Fsp3) is 0.417. The second kappa shape index (κ2) is 5.39. The topological polar surface area (TPSA) is 72.5 Å². The number of anilines is 1. The summed E-state index contributed by atoms with van der Waals surface area (Å²) < 4.78 is 5.45. The maximum Gasteiger partial charge on any atom is 0.335 e. The van der Waals surface area contributed by atoms with E-state index in [1.807, 2.05) is 0 Å². The average Bonchev–Trinajstić information content (AvgIpc) is 2.20. The van der Waals surface area contributed by atoms with Crippen molar-refractivity contribution in [1.82, 2.24) is 0 Å². The first-order valence-corrected chi connectivity index (χ1v) is 5.26. The zero-order valence-corrected chi connectivity index (χ0v) is 9.56. The molecule has 0 amide bonds.